The number of hydrogen-bond donors (Lipinski definition) is 2. The summed E-state index contributed by atoms with van der Waals surface area (Å²) in [5, 5.41) is 10.1. The van der Waals surface area contributed by atoms with Crippen molar-refractivity contribution < 1.29 is 0 Å². The predicted octanol–water partition coefficient (Wildman–Crippen LogP) is 1.58. The van der Waals surface area contributed by atoms with E-state index >= 15 is 0 Å². The highest BCUT2D eigenvalue weighted by Gasteiger charge is 1.97. The standard InChI is InChI=1S/C11H21N3S/c1-9(2)13-7-6-12-5-4-11-14-10(3)8-15-11/h8-9,12-13H,4-7H2,1-3H3. The molecular weight excluding hydrogens is 206 g/mol. The van der Waals surface area contributed by atoms with Crippen LogP contribution in [0.2, 0.25) is 0 Å². The van der Waals surface area contributed by atoms with Gasteiger partial charge in [0.05, 0.1) is 5.01 Å². The molecule has 0 unspecified atom stereocenters. The lowest BCUT2D eigenvalue weighted by Crippen LogP contribution is -2.32. The van der Waals surface area contributed by atoms with Crippen molar-refractivity contribution in [1.29, 1.82) is 0 Å². The Hall–Kier alpha value is -0.450. The number of nitrogens with zero attached hydrogens (tertiary/aromatic N) is 1. The number of hydrogen-bond acceptors (Lipinski definition) is 4. The van der Waals surface area contributed by atoms with Gasteiger partial charge >= 0.3 is 0 Å². The second-order valence-electron chi connectivity index (χ2n) is 3.99. The van der Waals surface area contributed by atoms with E-state index < -0.39 is 0 Å². The van der Waals surface area contributed by atoms with Gasteiger partial charge in [-0.3, -0.25) is 0 Å². The molecule has 15 heavy (non-hydrogen) atoms. The van der Waals surface area contributed by atoms with Crippen molar-refractivity contribution >= 4 is 11.3 Å². The van der Waals surface area contributed by atoms with Gasteiger partial charge in [-0.05, 0) is 6.92 Å². The molecule has 0 atom stereocenters. The molecular formula is C11H21N3S. The second-order valence-corrected chi connectivity index (χ2v) is 4.93. The Bertz CT molecular complexity index is 271. The van der Waals surface area contributed by atoms with E-state index in [-0.39, 0.29) is 0 Å². The largest absolute Gasteiger partial charge is 0.315 e. The molecule has 0 aliphatic heterocycles. The van der Waals surface area contributed by atoms with E-state index in [0.29, 0.717) is 6.04 Å². The molecule has 0 saturated heterocycles. The van der Waals surface area contributed by atoms with Crippen LogP contribution in [0.5, 0.6) is 0 Å². The summed E-state index contributed by atoms with van der Waals surface area (Å²) in [6.07, 6.45) is 1.04. The van der Waals surface area contributed by atoms with Gasteiger partial charge in [0.15, 0.2) is 0 Å². The molecule has 0 radical (unpaired) electrons. The molecule has 0 saturated carbocycles. The molecule has 0 spiro atoms. The molecule has 2 N–H and O–H groups in total. The van der Waals surface area contributed by atoms with Crippen molar-refractivity contribution in [2.45, 2.75) is 33.2 Å². The van der Waals surface area contributed by atoms with E-state index in [4.69, 9.17) is 0 Å². The molecule has 0 fully saturated rings. The maximum absolute atomic E-state index is 4.42. The van der Waals surface area contributed by atoms with Gasteiger partial charge in [-0.25, -0.2) is 4.98 Å². The van der Waals surface area contributed by atoms with Crippen molar-refractivity contribution in [2.75, 3.05) is 19.6 Å². The molecule has 86 valence electrons. The van der Waals surface area contributed by atoms with Crippen molar-refractivity contribution in [2.24, 2.45) is 0 Å². The van der Waals surface area contributed by atoms with Gasteiger partial charge in [-0.2, -0.15) is 0 Å². The van der Waals surface area contributed by atoms with Crippen molar-refractivity contribution in [3.05, 3.63) is 16.1 Å². The molecule has 1 heterocycles. The van der Waals surface area contributed by atoms with Crippen LogP contribution >= 0.6 is 11.3 Å². The molecule has 1 rings (SSSR count). The van der Waals surface area contributed by atoms with E-state index in [0.717, 1.165) is 31.7 Å². The molecule has 3 nitrogen and oxygen atoms in total. The first-order valence-corrected chi connectivity index (χ1v) is 6.41. The Labute approximate surface area is 96.3 Å². The quantitative estimate of drug-likeness (QED) is 0.695. The fourth-order valence-corrected chi connectivity index (χ4v) is 2.06. The minimum absolute atomic E-state index is 0.577. The summed E-state index contributed by atoms with van der Waals surface area (Å²) in [6.45, 7) is 9.46. The van der Waals surface area contributed by atoms with Crippen LogP contribution in [0.3, 0.4) is 0 Å². The molecule has 0 aliphatic rings. The third-order valence-corrected chi connectivity index (χ3v) is 3.06. The molecule has 1 aromatic heterocycles. The lowest BCUT2D eigenvalue weighted by atomic mass is 10.4. The smallest absolute Gasteiger partial charge is 0.0940 e. The highest BCUT2D eigenvalue weighted by atomic mass is 32.1. The highest BCUT2D eigenvalue weighted by Crippen LogP contribution is 2.08. The first-order chi connectivity index (χ1) is 7.18. The first kappa shape index (κ1) is 12.6. The van der Waals surface area contributed by atoms with Crippen molar-refractivity contribution in [3.8, 4) is 0 Å². The molecule has 0 amide bonds. The van der Waals surface area contributed by atoms with Crippen LogP contribution in [-0.4, -0.2) is 30.7 Å². The van der Waals surface area contributed by atoms with Gasteiger partial charge < -0.3 is 10.6 Å². The zero-order chi connectivity index (χ0) is 11.1. The van der Waals surface area contributed by atoms with Crippen LogP contribution in [0.15, 0.2) is 5.38 Å². The van der Waals surface area contributed by atoms with E-state index in [1.807, 2.05) is 6.92 Å². The fraction of sp³-hybridized carbons (Fsp3) is 0.727. The zero-order valence-electron chi connectivity index (χ0n) is 9.84. The lowest BCUT2D eigenvalue weighted by molar-refractivity contribution is 0.556. The Morgan fingerprint density at radius 2 is 2.13 bits per heavy atom. The minimum Gasteiger partial charge on any atom is -0.315 e. The summed E-state index contributed by atoms with van der Waals surface area (Å²) < 4.78 is 0. The fourth-order valence-electron chi connectivity index (χ4n) is 1.29. The van der Waals surface area contributed by atoms with Crippen LogP contribution in [0.25, 0.3) is 0 Å². The minimum atomic E-state index is 0.577. The zero-order valence-corrected chi connectivity index (χ0v) is 10.7. The summed E-state index contributed by atoms with van der Waals surface area (Å²) >= 11 is 1.75. The average molecular weight is 227 g/mol. The Morgan fingerprint density at radius 3 is 2.73 bits per heavy atom. The van der Waals surface area contributed by atoms with Crippen molar-refractivity contribution in [1.82, 2.24) is 15.6 Å². The number of nitrogens with one attached hydrogen (secondary N) is 2. The van der Waals surface area contributed by atoms with Crippen LogP contribution < -0.4 is 10.6 Å². The van der Waals surface area contributed by atoms with Gasteiger partial charge in [0.25, 0.3) is 0 Å². The number of aryl methyl sites for hydroxylation is 1. The Balaban J connectivity index is 1.98. The first-order valence-electron chi connectivity index (χ1n) is 5.53. The van der Waals surface area contributed by atoms with Crippen LogP contribution in [0.4, 0.5) is 0 Å². The van der Waals surface area contributed by atoms with Crippen LogP contribution in [0, 0.1) is 6.92 Å². The Kier molecular flexibility index (Phi) is 5.83. The summed E-state index contributed by atoms with van der Waals surface area (Å²) in [5.74, 6) is 0. The van der Waals surface area contributed by atoms with Crippen LogP contribution in [0.1, 0.15) is 24.5 Å². The molecule has 1 aromatic rings. The normalized spacial score (nSPS) is 11.2. The molecule has 0 aromatic carbocycles. The third kappa shape index (κ3) is 5.87. The number of aromatic nitrogens is 1. The topological polar surface area (TPSA) is 37.0 Å². The summed E-state index contributed by atoms with van der Waals surface area (Å²) in [6, 6.07) is 0.577. The maximum Gasteiger partial charge on any atom is 0.0940 e. The van der Waals surface area contributed by atoms with Gasteiger partial charge in [0.1, 0.15) is 0 Å². The summed E-state index contributed by atoms with van der Waals surface area (Å²) in [4.78, 5) is 4.42. The van der Waals surface area contributed by atoms with Gasteiger partial charge in [-0.15, -0.1) is 11.3 Å². The lowest BCUT2D eigenvalue weighted by Gasteiger charge is -2.08. The van der Waals surface area contributed by atoms with Gasteiger partial charge in [0, 0.05) is 43.2 Å². The third-order valence-electron chi connectivity index (χ3n) is 2.04. The van der Waals surface area contributed by atoms with E-state index in [1.165, 1.54) is 5.01 Å². The van der Waals surface area contributed by atoms with Crippen molar-refractivity contribution in [3.63, 3.8) is 0 Å². The molecule has 0 aliphatic carbocycles. The number of rotatable bonds is 7. The predicted molar refractivity (Wildman–Crippen MR) is 66.6 cm³/mol. The maximum atomic E-state index is 4.42. The molecule has 4 heteroatoms. The van der Waals surface area contributed by atoms with Gasteiger partial charge in [0.2, 0.25) is 0 Å². The number of thiazole rings is 1. The second kappa shape index (κ2) is 6.93. The highest BCUT2D eigenvalue weighted by molar-refractivity contribution is 7.09. The van der Waals surface area contributed by atoms with E-state index in [9.17, 15) is 0 Å². The van der Waals surface area contributed by atoms with Gasteiger partial charge in [-0.1, -0.05) is 13.8 Å². The molecule has 0 bridgehead atoms. The average Bonchev–Trinajstić information content (AvgIpc) is 2.57. The Morgan fingerprint density at radius 1 is 1.33 bits per heavy atom. The summed E-state index contributed by atoms with van der Waals surface area (Å²) in [7, 11) is 0. The summed E-state index contributed by atoms with van der Waals surface area (Å²) in [5.41, 5.74) is 1.14. The van der Waals surface area contributed by atoms with E-state index in [2.05, 4.69) is 34.8 Å². The SMILES string of the molecule is Cc1csc(CCNCCNC(C)C)n1. The monoisotopic (exact) mass is 227 g/mol. The van der Waals surface area contributed by atoms with E-state index in [1.54, 1.807) is 11.3 Å². The van der Waals surface area contributed by atoms with Crippen LogP contribution in [-0.2, 0) is 6.42 Å².